The smallest absolute Gasteiger partial charge is 0.550 e. The summed E-state index contributed by atoms with van der Waals surface area (Å²) >= 11 is 0. The van der Waals surface area contributed by atoms with Crippen molar-refractivity contribution in [1.29, 1.82) is 0 Å². The summed E-state index contributed by atoms with van der Waals surface area (Å²) in [5.41, 5.74) is 7.87. The number of carbonyl (C=O) groups is 1. The first-order chi connectivity index (χ1) is 5.27. The molecular weight excluding hydrogens is 185 g/mol. The van der Waals surface area contributed by atoms with E-state index in [0.29, 0.717) is 13.0 Å². The second kappa shape index (κ2) is 11.4. The molecule has 62 valence electrons. The molecule has 6 heteroatoms. The number of nitrogens with zero attached hydrogens (tertiary/aromatic N) is 3. The van der Waals surface area contributed by atoms with Crippen LogP contribution in [0.5, 0.6) is 0 Å². The Morgan fingerprint density at radius 2 is 2.08 bits per heavy atom. The van der Waals surface area contributed by atoms with Gasteiger partial charge in [-0.3, -0.25) is 0 Å². The minimum Gasteiger partial charge on any atom is -0.550 e. The fourth-order valence-electron chi connectivity index (χ4n) is 0.673. The summed E-state index contributed by atoms with van der Waals surface area (Å²) in [5.74, 6) is -1.02. The van der Waals surface area contributed by atoms with Crippen molar-refractivity contribution in [2.75, 3.05) is 6.54 Å². The van der Waals surface area contributed by atoms with Crippen molar-refractivity contribution >= 4 is 5.97 Å². The maximum Gasteiger partial charge on any atom is 1.00 e. The third kappa shape index (κ3) is 13.0. The molecule has 12 heavy (non-hydrogen) atoms. The second-order valence-electron chi connectivity index (χ2n) is 2.14. The molecule has 0 aromatic carbocycles. The molecule has 0 fully saturated rings. The molecule has 0 atom stereocenters. The van der Waals surface area contributed by atoms with Crippen molar-refractivity contribution in [1.82, 2.24) is 0 Å². The van der Waals surface area contributed by atoms with Gasteiger partial charge in [0.1, 0.15) is 0 Å². The Kier molecular flexibility index (Phi) is 14.2. The Hall–Kier alpha value is 0.416. The minimum absolute atomic E-state index is 0. The molecule has 0 unspecified atom stereocenters. The van der Waals surface area contributed by atoms with Crippen molar-refractivity contribution in [2.45, 2.75) is 25.7 Å². The number of hydrogen-bond donors (Lipinski definition) is 0. The maximum absolute atomic E-state index is 9.90. The average molecular weight is 195 g/mol. The Labute approximate surface area is 114 Å². The molecule has 5 nitrogen and oxygen atoms in total. The monoisotopic (exact) mass is 195 g/mol. The normalized spacial score (nSPS) is 8.00. The van der Waals surface area contributed by atoms with Crippen molar-refractivity contribution < 1.29 is 61.3 Å². The standard InChI is InChI=1S/C6H11N3O2.K/c7-9-8-5-3-1-2-4-6(10)11;/h1-5H2,(H,10,11);/q;+1/p-1. The van der Waals surface area contributed by atoms with Crippen LogP contribution in [0.15, 0.2) is 5.11 Å². The molecule has 0 N–H and O–H groups in total. The van der Waals surface area contributed by atoms with E-state index in [1.807, 2.05) is 0 Å². The molecular formula is C6H10KN3O2. The Morgan fingerprint density at radius 1 is 1.42 bits per heavy atom. The number of unbranched alkanes of at least 4 members (excludes halogenated alkanes) is 2. The predicted octanol–water partition coefficient (Wildman–Crippen LogP) is -2.39. The van der Waals surface area contributed by atoms with Crippen LogP contribution in [-0.4, -0.2) is 12.5 Å². The molecule has 0 spiro atoms. The fourth-order valence-corrected chi connectivity index (χ4v) is 0.673. The molecule has 0 aromatic rings. The summed E-state index contributed by atoms with van der Waals surface area (Å²) in [6.45, 7) is 0.448. The number of carboxylic acids is 1. The third-order valence-corrected chi connectivity index (χ3v) is 1.20. The molecule has 0 saturated carbocycles. The van der Waals surface area contributed by atoms with Gasteiger partial charge < -0.3 is 9.90 Å². The largest absolute Gasteiger partial charge is 1.00 e. The van der Waals surface area contributed by atoms with Gasteiger partial charge in [0.05, 0.1) is 0 Å². The van der Waals surface area contributed by atoms with E-state index in [0.717, 1.165) is 12.8 Å². The van der Waals surface area contributed by atoms with Gasteiger partial charge in [0, 0.05) is 17.4 Å². The molecule has 0 aliphatic rings. The summed E-state index contributed by atoms with van der Waals surface area (Å²) in [6, 6.07) is 0. The van der Waals surface area contributed by atoms with Crippen LogP contribution in [0.4, 0.5) is 0 Å². The van der Waals surface area contributed by atoms with Gasteiger partial charge >= 0.3 is 51.4 Å². The van der Waals surface area contributed by atoms with E-state index >= 15 is 0 Å². The van der Waals surface area contributed by atoms with Gasteiger partial charge in [-0.25, -0.2) is 0 Å². The van der Waals surface area contributed by atoms with Crippen LogP contribution >= 0.6 is 0 Å². The SMILES string of the molecule is [K+].[N-]=[N+]=NCCCCCC(=O)[O-]. The first kappa shape index (κ1) is 14.9. The predicted molar refractivity (Wildman–Crippen MR) is 37.5 cm³/mol. The van der Waals surface area contributed by atoms with Gasteiger partial charge in [0.15, 0.2) is 0 Å². The van der Waals surface area contributed by atoms with Crippen LogP contribution in [0, 0.1) is 0 Å². The molecule has 0 aromatic heterocycles. The summed E-state index contributed by atoms with van der Waals surface area (Å²) < 4.78 is 0. The summed E-state index contributed by atoms with van der Waals surface area (Å²) in [7, 11) is 0. The van der Waals surface area contributed by atoms with Crippen molar-refractivity contribution in [2.24, 2.45) is 5.11 Å². The van der Waals surface area contributed by atoms with Crippen LogP contribution in [0.1, 0.15) is 25.7 Å². The van der Waals surface area contributed by atoms with Gasteiger partial charge in [0.25, 0.3) is 0 Å². The zero-order valence-corrected chi connectivity index (χ0v) is 10.3. The number of azide groups is 1. The first-order valence-electron chi connectivity index (χ1n) is 3.48. The van der Waals surface area contributed by atoms with Crippen molar-refractivity contribution in [3.8, 4) is 0 Å². The van der Waals surface area contributed by atoms with Crippen LogP contribution in [0.25, 0.3) is 10.4 Å². The number of rotatable bonds is 6. The number of carboxylic acid groups (broad SMARTS) is 1. The Morgan fingerprint density at radius 3 is 2.58 bits per heavy atom. The third-order valence-electron chi connectivity index (χ3n) is 1.20. The van der Waals surface area contributed by atoms with E-state index in [9.17, 15) is 9.90 Å². The molecule has 0 heterocycles. The average Bonchev–Trinajstić information content (AvgIpc) is 1.96. The molecule has 0 bridgehead atoms. The summed E-state index contributed by atoms with van der Waals surface area (Å²) in [5, 5.41) is 13.2. The number of hydrogen-bond acceptors (Lipinski definition) is 3. The van der Waals surface area contributed by atoms with Gasteiger partial charge in [-0.1, -0.05) is 11.5 Å². The fraction of sp³-hybridized carbons (Fsp3) is 0.833. The maximum atomic E-state index is 9.90. The number of aliphatic carboxylic acids is 1. The molecule has 0 saturated heterocycles. The van der Waals surface area contributed by atoms with E-state index in [1.54, 1.807) is 0 Å². The topological polar surface area (TPSA) is 88.9 Å². The van der Waals surface area contributed by atoms with Gasteiger partial charge in [-0.2, -0.15) is 0 Å². The van der Waals surface area contributed by atoms with Crippen LogP contribution in [0.2, 0.25) is 0 Å². The van der Waals surface area contributed by atoms with E-state index in [-0.39, 0.29) is 57.8 Å². The van der Waals surface area contributed by atoms with Crippen LogP contribution in [0.3, 0.4) is 0 Å². The summed E-state index contributed by atoms with van der Waals surface area (Å²) in [4.78, 5) is 12.5. The van der Waals surface area contributed by atoms with Crippen LogP contribution < -0.4 is 56.5 Å². The van der Waals surface area contributed by atoms with Crippen LogP contribution in [-0.2, 0) is 4.79 Å². The van der Waals surface area contributed by atoms with Gasteiger partial charge in [-0.15, -0.1) is 0 Å². The molecule has 0 aliphatic carbocycles. The van der Waals surface area contributed by atoms with E-state index in [2.05, 4.69) is 10.0 Å². The van der Waals surface area contributed by atoms with E-state index in [1.165, 1.54) is 0 Å². The molecule has 0 aliphatic heterocycles. The second-order valence-corrected chi connectivity index (χ2v) is 2.14. The Bertz CT molecular complexity index is 164. The van der Waals surface area contributed by atoms with Gasteiger partial charge in [-0.05, 0) is 24.8 Å². The van der Waals surface area contributed by atoms with Gasteiger partial charge in [0.2, 0.25) is 0 Å². The van der Waals surface area contributed by atoms with E-state index in [4.69, 9.17) is 5.53 Å². The zero-order valence-electron chi connectivity index (χ0n) is 7.19. The Balaban J connectivity index is 0. The van der Waals surface area contributed by atoms with E-state index < -0.39 is 5.97 Å². The van der Waals surface area contributed by atoms with Crippen molar-refractivity contribution in [3.63, 3.8) is 0 Å². The zero-order chi connectivity index (χ0) is 8.53. The molecule has 0 radical (unpaired) electrons. The molecule has 0 rings (SSSR count). The van der Waals surface area contributed by atoms with Crippen molar-refractivity contribution in [3.05, 3.63) is 10.4 Å². The summed E-state index contributed by atoms with van der Waals surface area (Å²) in [6.07, 6.45) is 2.21. The quantitative estimate of drug-likeness (QED) is 0.156. The first-order valence-corrected chi connectivity index (χ1v) is 3.48. The number of carbonyl (C=O) groups excluding carboxylic acids is 1. The molecule has 0 amide bonds. The minimum atomic E-state index is -1.02.